The Labute approximate surface area is 114 Å². The first-order valence-corrected chi connectivity index (χ1v) is 8.00. The molecule has 1 fully saturated rings. The number of ether oxygens (including phenoxy) is 1. The van der Waals surface area contributed by atoms with Gasteiger partial charge in [-0.1, -0.05) is 6.92 Å². The van der Waals surface area contributed by atoms with Crippen LogP contribution >= 0.6 is 0 Å². The summed E-state index contributed by atoms with van der Waals surface area (Å²) < 4.78 is 28.0. The monoisotopic (exact) mass is 290 g/mol. The molecular weight excluding hydrogens is 268 g/mol. The largest absolute Gasteiger partial charge is 0.444 e. The molecule has 1 saturated carbocycles. The van der Waals surface area contributed by atoms with Crippen LogP contribution in [-0.4, -0.2) is 36.4 Å². The number of hydrogen-bond donors (Lipinski definition) is 2. The predicted molar refractivity (Wildman–Crippen MR) is 73.1 cm³/mol. The Bertz CT molecular complexity index is 472. The van der Waals surface area contributed by atoms with Crippen LogP contribution in [0.25, 0.3) is 0 Å². The molecule has 0 atom stereocenters. The SMILES string of the molecule is CCS(=O)(=O)C1(C(=N)NC(=O)OC(C)(C)C)CCC1. The summed E-state index contributed by atoms with van der Waals surface area (Å²) in [5.74, 6) is -0.305. The summed E-state index contributed by atoms with van der Waals surface area (Å²) in [4.78, 5) is 11.6. The minimum atomic E-state index is -3.41. The average molecular weight is 290 g/mol. The lowest BCUT2D eigenvalue weighted by Gasteiger charge is -2.40. The van der Waals surface area contributed by atoms with Crippen LogP contribution in [0.4, 0.5) is 4.79 Å². The maximum atomic E-state index is 12.1. The van der Waals surface area contributed by atoms with Crippen molar-refractivity contribution in [1.82, 2.24) is 5.32 Å². The summed E-state index contributed by atoms with van der Waals surface area (Å²) >= 11 is 0. The van der Waals surface area contributed by atoms with Crippen molar-refractivity contribution in [1.29, 1.82) is 5.41 Å². The van der Waals surface area contributed by atoms with Crippen LogP contribution in [0.1, 0.15) is 47.0 Å². The number of carbonyl (C=O) groups is 1. The quantitative estimate of drug-likeness (QED) is 0.612. The Morgan fingerprint density at radius 3 is 2.21 bits per heavy atom. The fourth-order valence-electron chi connectivity index (χ4n) is 2.01. The van der Waals surface area contributed by atoms with E-state index < -0.39 is 26.3 Å². The molecule has 7 heteroatoms. The van der Waals surface area contributed by atoms with E-state index in [4.69, 9.17) is 10.1 Å². The first-order chi connectivity index (χ1) is 8.54. The molecule has 0 aliphatic heterocycles. The molecule has 2 N–H and O–H groups in total. The fourth-order valence-corrected chi connectivity index (χ4v) is 3.84. The van der Waals surface area contributed by atoms with Crippen LogP contribution in [0.5, 0.6) is 0 Å². The standard InChI is InChI=1S/C12H22N2O4S/c1-5-19(16,17)12(7-6-8-12)9(13)14-10(15)18-11(2,3)4/h5-8H2,1-4H3,(H2,13,14,15). The van der Waals surface area contributed by atoms with E-state index in [-0.39, 0.29) is 11.6 Å². The zero-order valence-corrected chi connectivity index (χ0v) is 12.7. The molecule has 1 aliphatic rings. The number of hydrogen-bond acceptors (Lipinski definition) is 5. The van der Waals surface area contributed by atoms with Crippen molar-refractivity contribution in [3.8, 4) is 0 Å². The van der Waals surface area contributed by atoms with Crippen LogP contribution in [0, 0.1) is 5.41 Å². The van der Waals surface area contributed by atoms with E-state index in [1.807, 2.05) is 0 Å². The molecule has 0 saturated heterocycles. The molecular formula is C12H22N2O4S. The minimum Gasteiger partial charge on any atom is -0.444 e. The van der Waals surface area contributed by atoms with E-state index >= 15 is 0 Å². The summed E-state index contributed by atoms with van der Waals surface area (Å²) in [6.45, 7) is 6.67. The maximum absolute atomic E-state index is 12.1. The van der Waals surface area contributed by atoms with Crippen molar-refractivity contribution in [3.63, 3.8) is 0 Å². The van der Waals surface area contributed by atoms with Crippen LogP contribution in [0.2, 0.25) is 0 Å². The zero-order chi connectivity index (χ0) is 14.9. The van der Waals surface area contributed by atoms with Gasteiger partial charge in [-0.25, -0.2) is 13.2 Å². The van der Waals surface area contributed by atoms with Gasteiger partial charge in [0.05, 0.1) is 0 Å². The number of amidine groups is 1. The van der Waals surface area contributed by atoms with Crippen LogP contribution in [0.15, 0.2) is 0 Å². The van der Waals surface area contributed by atoms with Crippen molar-refractivity contribution in [2.24, 2.45) is 0 Å². The first-order valence-electron chi connectivity index (χ1n) is 6.35. The molecule has 0 heterocycles. The van der Waals surface area contributed by atoms with E-state index in [9.17, 15) is 13.2 Å². The second-order valence-electron chi connectivity index (χ2n) is 5.75. The molecule has 0 aromatic heterocycles. The van der Waals surface area contributed by atoms with Gasteiger partial charge in [-0.3, -0.25) is 10.7 Å². The lowest BCUT2D eigenvalue weighted by Crippen LogP contribution is -2.58. The van der Waals surface area contributed by atoms with E-state index in [1.54, 1.807) is 27.7 Å². The number of sulfone groups is 1. The first kappa shape index (κ1) is 15.9. The summed E-state index contributed by atoms with van der Waals surface area (Å²) in [6.07, 6.45) is 0.739. The van der Waals surface area contributed by atoms with Gasteiger partial charge in [0, 0.05) is 5.75 Å². The van der Waals surface area contributed by atoms with Crippen molar-refractivity contribution >= 4 is 21.8 Å². The Hall–Kier alpha value is -1.11. The Balaban J connectivity index is 2.80. The van der Waals surface area contributed by atoms with Gasteiger partial charge in [-0.2, -0.15) is 0 Å². The molecule has 0 aromatic rings. The van der Waals surface area contributed by atoms with Gasteiger partial charge in [-0.05, 0) is 40.0 Å². The molecule has 0 spiro atoms. The third-order valence-electron chi connectivity index (χ3n) is 3.22. The normalized spacial score (nSPS) is 18.3. The molecule has 6 nitrogen and oxygen atoms in total. The van der Waals surface area contributed by atoms with Crippen molar-refractivity contribution in [2.45, 2.75) is 57.3 Å². The lowest BCUT2D eigenvalue weighted by molar-refractivity contribution is 0.0559. The highest BCUT2D eigenvalue weighted by Crippen LogP contribution is 2.40. The Morgan fingerprint density at radius 2 is 1.89 bits per heavy atom. The van der Waals surface area contributed by atoms with E-state index in [2.05, 4.69) is 5.32 Å². The van der Waals surface area contributed by atoms with Gasteiger partial charge >= 0.3 is 6.09 Å². The smallest absolute Gasteiger partial charge is 0.413 e. The summed E-state index contributed by atoms with van der Waals surface area (Å²) in [7, 11) is -3.41. The number of alkyl carbamates (subject to hydrolysis) is 1. The highest BCUT2D eigenvalue weighted by molar-refractivity contribution is 7.93. The van der Waals surface area contributed by atoms with Gasteiger partial charge in [0.25, 0.3) is 0 Å². The summed E-state index contributed by atoms with van der Waals surface area (Å²) in [5.41, 5.74) is -0.680. The topological polar surface area (TPSA) is 96.3 Å². The second kappa shape index (κ2) is 5.11. The highest BCUT2D eigenvalue weighted by atomic mass is 32.2. The molecule has 1 rings (SSSR count). The van der Waals surface area contributed by atoms with Crippen LogP contribution < -0.4 is 5.32 Å². The summed E-state index contributed by atoms with van der Waals surface area (Å²) in [6, 6.07) is 0. The van der Waals surface area contributed by atoms with Crippen molar-refractivity contribution < 1.29 is 17.9 Å². The third-order valence-corrected chi connectivity index (χ3v) is 5.78. The molecule has 19 heavy (non-hydrogen) atoms. The van der Waals surface area contributed by atoms with Gasteiger partial charge in [-0.15, -0.1) is 0 Å². The summed E-state index contributed by atoms with van der Waals surface area (Å²) in [5, 5.41) is 10.2. The number of nitrogens with one attached hydrogen (secondary N) is 2. The lowest BCUT2D eigenvalue weighted by atomic mass is 9.83. The second-order valence-corrected chi connectivity index (χ2v) is 8.34. The number of amides is 1. The molecule has 0 bridgehead atoms. The molecule has 0 radical (unpaired) electrons. The van der Waals surface area contributed by atoms with Crippen LogP contribution in [-0.2, 0) is 14.6 Å². The van der Waals surface area contributed by atoms with Gasteiger partial charge < -0.3 is 4.74 Å². The molecule has 0 aromatic carbocycles. The maximum Gasteiger partial charge on any atom is 0.413 e. The fraction of sp³-hybridized carbons (Fsp3) is 0.833. The van der Waals surface area contributed by atoms with Crippen molar-refractivity contribution in [3.05, 3.63) is 0 Å². The van der Waals surface area contributed by atoms with E-state index in [0.29, 0.717) is 12.8 Å². The average Bonchev–Trinajstić information content (AvgIpc) is 2.11. The number of carbonyl (C=O) groups excluding carboxylic acids is 1. The predicted octanol–water partition coefficient (Wildman–Crippen LogP) is 1.85. The Kier molecular flexibility index (Phi) is 4.29. The molecule has 110 valence electrons. The van der Waals surface area contributed by atoms with Gasteiger partial charge in [0.15, 0.2) is 9.84 Å². The molecule has 1 aliphatic carbocycles. The van der Waals surface area contributed by atoms with Gasteiger partial charge in [0.2, 0.25) is 0 Å². The number of rotatable bonds is 3. The third kappa shape index (κ3) is 3.26. The van der Waals surface area contributed by atoms with E-state index in [0.717, 1.165) is 6.42 Å². The molecule has 0 unspecified atom stereocenters. The zero-order valence-electron chi connectivity index (χ0n) is 11.9. The van der Waals surface area contributed by atoms with Crippen molar-refractivity contribution in [2.75, 3.05) is 5.75 Å². The molecule has 1 amide bonds. The highest BCUT2D eigenvalue weighted by Gasteiger charge is 2.52. The van der Waals surface area contributed by atoms with Crippen LogP contribution in [0.3, 0.4) is 0 Å². The minimum absolute atomic E-state index is 0.0363. The Morgan fingerprint density at radius 1 is 1.37 bits per heavy atom. The van der Waals surface area contributed by atoms with Gasteiger partial charge in [0.1, 0.15) is 16.2 Å². The van der Waals surface area contributed by atoms with E-state index in [1.165, 1.54) is 0 Å².